The first-order valence-electron chi connectivity index (χ1n) is 9.46. The van der Waals surface area contributed by atoms with Gasteiger partial charge in [-0.3, -0.25) is 0 Å². The molecule has 33 heavy (non-hydrogen) atoms. The number of fused-ring (bicyclic) bond motifs is 4. The minimum Gasteiger partial charge on any atom is -0.308 e. The largest absolute Gasteiger partial charge is 0.443 e. The molecule has 0 unspecified atom stereocenters. The Morgan fingerprint density at radius 3 is 1.42 bits per heavy atom. The Labute approximate surface area is 191 Å². The van der Waals surface area contributed by atoms with Crippen molar-refractivity contribution in [3.8, 4) is 0 Å². The average molecular weight is 546 g/mol. The number of nitrogens with zero attached hydrogens (tertiary/aromatic N) is 4. The molecular weight excluding hydrogens is 530 g/mol. The van der Waals surface area contributed by atoms with Crippen LogP contribution >= 0.6 is 23.5 Å². The van der Waals surface area contributed by atoms with E-state index < -0.39 is 79.8 Å². The van der Waals surface area contributed by atoms with Crippen molar-refractivity contribution in [3.05, 3.63) is 0 Å². The van der Waals surface area contributed by atoms with E-state index in [9.17, 15) is 44.3 Å². The lowest BCUT2D eigenvalue weighted by molar-refractivity contribution is -0.0840. The monoisotopic (exact) mass is 546 g/mol. The zero-order valence-electron chi connectivity index (χ0n) is 16.3. The molecule has 4 aliphatic rings. The maximum atomic E-state index is 12.7. The summed E-state index contributed by atoms with van der Waals surface area (Å²) >= 11 is -0.793. The molecule has 4 rings (SSSR count). The Bertz CT molecular complexity index is 854. The molecule has 4 fully saturated rings. The first-order valence-corrected chi connectivity index (χ1v) is 12.6. The minimum atomic E-state index is -5.10. The Hall–Kier alpha value is -1.31. The van der Waals surface area contributed by atoms with Crippen LogP contribution in [0.5, 0.6) is 0 Å². The van der Waals surface area contributed by atoms with E-state index in [1.54, 1.807) is 0 Å². The molecule has 0 aromatic heterocycles. The van der Waals surface area contributed by atoms with E-state index in [4.69, 9.17) is 0 Å². The molecule has 0 aliphatic carbocycles. The molecule has 4 heterocycles. The average Bonchev–Trinajstić information content (AvgIpc) is 3.05. The highest BCUT2D eigenvalue weighted by Gasteiger charge is 2.53. The summed E-state index contributed by atoms with van der Waals surface area (Å²) in [6, 6.07) is -3.93. The van der Waals surface area contributed by atoms with Gasteiger partial charge in [-0.2, -0.15) is 44.9 Å². The molecule has 0 saturated carbocycles. The molecule has 4 amide bonds. The number of rotatable bonds is 6. The van der Waals surface area contributed by atoms with E-state index in [0.29, 0.717) is 10.1 Å². The lowest BCUT2D eigenvalue weighted by Crippen LogP contribution is -2.41. The van der Waals surface area contributed by atoms with Gasteiger partial charge in [0.05, 0.1) is 22.8 Å². The van der Waals surface area contributed by atoms with E-state index >= 15 is 0 Å². The molecule has 19 heteroatoms. The van der Waals surface area contributed by atoms with Crippen LogP contribution in [0.15, 0.2) is 0 Å². The molecule has 4 atom stereocenters. The fourth-order valence-electron chi connectivity index (χ4n) is 4.15. The van der Waals surface area contributed by atoms with Gasteiger partial charge in [0.15, 0.2) is 0 Å². The van der Waals surface area contributed by atoms with Gasteiger partial charge >= 0.3 is 33.5 Å². The lowest BCUT2D eigenvalue weighted by atomic mass is 10.1. The second-order valence-electron chi connectivity index (χ2n) is 7.58. The molecule has 0 radical (unpaired) electrons. The summed E-state index contributed by atoms with van der Waals surface area (Å²) < 4.78 is 110. The molecule has 0 aromatic carbocycles. The van der Waals surface area contributed by atoms with Crippen LogP contribution in [0.4, 0.5) is 35.9 Å². The lowest BCUT2D eigenvalue weighted by Gasteiger charge is -2.30. The van der Waals surface area contributed by atoms with Crippen molar-refractivity contribution in [3.63, 3.8) is 0 Å². The van der Waals surface area contributed by atoms with Crippen LogP contribution in [0.2, 0.25) is 0 Å². The zero-order valence-corrected chi connectivity index (χ0v) is 18.7. The van der Waals surface area contributed by atoms with Gasteiger partial charge in [-0.1, -0.05) is 0 Å². The van der Waals surface area contributed by atoms with Crippen molar-refractivity contribution >= 4 is 46.0 Å². The second-order valence-corrected chi connectivity index (χ2v) is 11.2. The summed E-state index contributed by atoms with van der Waals surface area (Å²) in [5, 5.41) is -1.72. The van der Waals surface area contributed by atoms with Gasteiger partial charge in [-0.25, -0.2) is 9.59 Å². The van der Waals surface area contributed by atoms with Gasteiger partial charge < -0.3 is 9.80 Å². The van der Waals surface area contributed by atoms with Crippen LogP contribution in [-0.4, -0.2) is 87.3 Å². The normalized spacial score (nSPS) is 30.6. The number of piperidine rings is 2. The molecule has 0 N–H and O–H groups in total. The van der Waals surface area contributed by atoms with Gasteiger partial charge in [-0.15, -0.1) is 8.57 Å². The summed E-state index contributed by atoms with van der Waals surface area (Å²) in [4.78, 5) is 26.6. The summed E-state index contributed by atoms with van der Waals surface area (Å²) in [6.45, 7) is -0.394. The van der Waals surface area contributed by atoms with Gasteiger partial charge in [0, 0.05) is 13.1 Å². The van der Waals surface area contributed by atoms with Crippen molar-refractivity contribution in [2.45, 2.75) is 59.5 Å². The van der Waals surface area contributed by atoms with E-state index in [0.717, 1.165) is 9.80 Å². The number of hydroxylamine groups is 4. The Morgan fingerprint density at radius 1 is 0.727 bits per heavy atom. The van der Waals surface area contributed by atoms with Crippen molar-refractivity contribution in [2.75, 3.05) is 13.1 Å². The molecule has 4 saturated heterocycles. The number of hydrogen-bond acceptors (Lipinski definition) is 8. The Kier molecular flexibility index (Phi) is 6.33. The molecule has 10 nitrogen and oxygen atoms in total. The SMILES string of the molecule is O=C1N2C[C@@H](CC[C@H]2SC(F)(F)F)N1OS(=O)(=O)ON1C(=O)N2C[C@H]1CC[C@H]2SC(F)(F)F. The third-order valence-corrected chi connectivity index (χ3v) is 8.16. The molecule has 0 spiro atoms. The third-order valence-electron chi connectivity index (χ3n) is 5.42. The van der Waals surface area contributed by atoms with Gasteiger partial charge in [0.2, 0.25) is 0 Å². The maximum Gasteiger partial charge on any atom is 0.443 e. The van der Waals surface area contributed by atoms with Crippen molar-refractivity contribution in [1.82, 2.24) is 19.9 Å². The fourth-order valence-corrected chi connectivity index (χ4v) is 6.68. The third kappa shape index (κ3) is 5.35. The van der Waals surface area contributed by atoms with Crippen LogP contribution in [-0.2, 0) is 19.0 Å². The van der Waals surface area contributed by atoms with E-state index in [1.165, 1.54) is 0 Å². The fraction of sp³-hybridized carbons (Fsp3) is 0.857. The van der Waals surface area contributed by atoms with Gasteiger partial charge in [-0.05, 0) is 49.2 Å². The van der Waals surface area contributed by atoms with Crippen LogP contribution in [0, 0.1) is 0 Å². The molecule has 0 aromatic rings. The van der Waals surface area contributed by atoms with E-state index in [1.807, 2.05) is 0 Å². The van der Waals surface area contributed by atoms with Gasteiger partial charge in [0.25, 0.3) is 0 Å². The Balaban J connectivity index is 1.40. The number of carbonyl (C=O) groups is 2. The number of carbonyl (C=O) groups excluding carboxylic acids is 2. The summed E-state index contributed by atoms with van der Waals surface area (Å²) in [5.74, 6) is 0. The van der Waals surface area contributed by atoms with Crippen LogP contribution < -0.4 is 0 Å². The first-order chi connectivity index (χ1) is 15.1. The van der Waals surface area contributed by atoms with Crippen LogP contribution in [0.1, 0.15) is 25.7 Å². The quantitative estimate of drug-likeness (QED) is 0.469. The molecular formula is C14H16F6N4O6S3. The molecule has 4 bridgehead atoms. The van der Waals surface area contributed by atoms with Crippen molar-refractivity contribution < 1.29 is 52.9 Å². The number of alkyl halides is 6. The number of thioether (sulfide) groups is 2. The van der Waals surface area contributed by atoms with E-state index in [-0.39, 0.29) is 38.8 Å². The minimum absolute atomic E-state index is 0.0287. The zero-order chi connectivity index (χ0) is 24.3. The number of halogens is 6. The van der Waals surface area contributed by atoms with Crippen molar-refractivity contribution in [2.24, 2.45) is 0 Å². The van der Waals surface area contributed by atoms with Crippen molar-refractivity contribution in [1.29, 1.82) is 0 Å². The maximum absolute atomic E-state index is 12.7. The second kappa shape index (κ2) is 8.42. The van der Waals surface area contributed by atoms with Crippen LogP contribution in [0.25, 0.3) is 0 Å². The topological polar surface area (TPSA) is 99.7 Å². The number of amides is 4. The highest BCUT2D eigenvalue weighted by Crippen LogP contribution is 2.44. The smallest absolute Gasteiger partial charge is 0.308 e. The highest BCUT2D eigenvalue weighted by atomic mass is 32.3. The van der Waals surface area contributed by atoms with E-state index in [2.05, 4.69) is 8.57 Å². The first kappa shape index (κ1) is 24.8. The predicted octanol–water partition coefficient (Wildman–Crippen LogP) is 3.05. The summed E-state index contributed by atoms with van der Waals surface area (Å²) in [7, 11) is -5.10. The standard InChI is InChI=1S/C14H16F6N4O6S3/c15-13(16,17)31-9-3-1-7-5-21(9)11(25)23(7)29-33(27,28)30-24-8-2-4-10(32-14(18,19)20)22(6-8)12(24)26/h7-10H,1-6H2/t7-,8-,9-,10-/m1/s1. The van der Waals surface area contributed by atoms with Gasteiger partial charge in [0.1, 0.15) is 0 Å². The molecule has 4 aliphatic heterocycles. The molecule has 188 valence electrons. The summed E-state index contributed by atoms with van der Waals surface area (Å²) in [6.07, 6.45) is -0.0513. The number of hydrogen-bond donors (Lipinski definition) is 0. The number of urea groups is 2. The Morgan fingerprint density at radius 2 is 1.09 bits per heavy atom. The summed E-state index contributed by atoms with van der Waals surface area (Å²) in [5.41, 5.74) is -9.21. The predicted molar refractivity (Wildman–Crippen MR) is 99.9 cm³/mol. The van der Waals surface area contributed by atoms with Crippen LogP contribution in [0.3, 0.4) is 0 Å². The highest BCUT2D eigenvalue weighted by molar-refractivity contribution is 8.00.